The Kier molecular flexibility index (Phi) is 8.57. The van der Waals surface area contributed by atoms with E-state index < -0.39 is 28.5 Å². The number of hydrogen-bond donors (Lipinski definition) is 1. The fourth-order valence-electron chi connectivity index (χ4n) is 3.95. The minimum absolute atomic E-state index is 0.0447. The molecule has 3 aromatic carbocycles. The summed E-state index contributed by atoms with van der Waals surface area (Å²) in [6, 6.07) is 14.8. The van der Waals surface area contributed by atoms with E-state index in [1.54, 1.807) is 37.3 Å². The molecule has 0 radical (unpaired) electrons. The number of ether oxygens (including phenoxy) is 1. The molecule has 0 saturated carbocycles. The van der Waals surface area contributed by atoms with E-state index in [1.165, 1.54) is 28.6 Å². The fraction of sp³-hybridized carbons (Fsp3) is 0.231. The van der Waals surface area contributed by atoms with Crippen molar-refractivity contribution < 1.29 is 27.1 Å². The van der Waals surface area contributed by atoms with E-state index in [0.29, 0.717) is 29.4 Å². The predicted octanol–water partition coefficient (Wildman–Crippen LogP) is 4.75. The Morgan fingerprint density at radius 2 is 1.66 bits per heavy atom. The summed E-state index contributed by atoms with van der Waals surface area (Å²) < 4.78 is 46.3. The van der Waals surface area contributed by atoms with E-state index in [2.05, 4.69) is 5.32 Å². The van der Waals surface area contributed by atoms with Crippen LogP contribution in [0.25, 0.3) is 0 Å². The molecule has 12 heteroatoms. The summed E-state index contributed by atoms with van der Waals surface area (Å²) >= 11 is 12.3. The third-order valence-corrected chi connectivity index (χ3v) is 8.88. The monoisotopic (exact) mass is 579 g/mol. The first-order valence-corrected chi connectivity index (χ1v) is 13.8. The first-order chi connectivity index (χ1) is 18.1. The summed E-state index contributed by atoms with van der Waals surface area (Å²) in [5.41, 5.74) is 1.88. The van der Waals surface area contributed by atoms with Crippen LogP contribution in [0.15, 0.2) is 65.6 Å². The van der Waals surface area contributed by atoms with Gasteiger partial charge in [0.05, 0.1) is 10.6 Å². The number of nitrogens with one attached hydrogen (secondary N) is 1. The first kappa shape index (κ1) is 27.8. The summed E-state index contributed by atoms with van der Waals surface area (Å²) in [4.78, 5) is 26.6. The Morgan fingerprint density at radius 1 is 0.974 bits per heavy atom. The Labute approximate surface area is 229 Å². The van der Waals surface area contributed by atoms with Crippen LogP contribution in [0.1, 0.15) is 15.9 Å². The number of halogens is 3. The van der Waals surface area contributed by atoms with Crippen LogP contribution in [0.2, 0.25) is 10.0 Å². The maximum Gasteiger partial charge on any atom is 0.338 e. The Hall–Kier alpha value is -3.18. The highest BCUT2D eigenvalue weighted by Gasteiger charge is 2.31. The van der Waals surface area contributed by atoms with Crippen LogP contribution < -0.4 is 10.2 Å². The van der Waals surface area contributed by atoms with Crippen molar-refractivity contribution in [3.8, 4) is 0 Å². The number of carbonyl (C=O) groups excluding carboxylic acids is 2. The molecule has 0 aromatic heterocycles. The molecule has 3 aromatic rings. The number of piperazine rings is 1. The lowest BCUT2D eigenvalue weighted by atomic mass is 10.2. The van der Waals surface area contributed by atoms with Crippen LogP contribution in [0, 0.1) is 12.7 Å². The van der Waals surface area contributed by atoms with E-state index in [0.717, 1.165) is 11.8 Å². The largest absolute Gasteiger partial charge is 0.452 e. The molecule has 1 heterocycles. The van der Waals surface area contributed by atoms with Gasteiger partial charge in [-0.3, -0.25) is 4.79 Å². The number of anilines is 2. The topological polar surface area (TPSA) is 96.0 Å². The van der Waals surface area contributed by atoms with E-state index in [4.69, 9.17) is 27.9 Å². The number of sulfonamides is 1. The molecule has 1 amide bonds. The van der Waals surface area contributed by atoms with Gasteiger partial charge in [0.25, 0.3) is 5.91 Å². The van der Waals surface area contributed by atoms with Gasteiger partial charge in [0.1, 0.15) is 10.7 Å². The number of nitrogens with zero attached hydrogens (tertiary/aromatic N) is 2. The quantitative estimate of drug-likeness (QED) is 0.406. The predicted molar refractivity (Wildman–Crippen MR) is 144 cm³/mol. The third-order valence-electron chi connectivity index (χ3n) is 6.09. The number of hydrogen-bond acceptors (Lipinski definition) is 6. The van der Waals surface area contributed by atoms with E-state index in [-0.39, 0.29) is 34.4 Å². The molecular formula is C26H24Cl2FN3O5S. The zero-order valence-electron chi connectivity index (χ0n) is 20.3. The molecule has 1 N–H and O–H groups in total. The van der Waals surface area contributed by atoms with E-state index in [9.17, 15) is 22.4 Å². The lowest BCUT2D eigenvalue weighted by Crippen LogP contribution is -2.48. The Balaban J connectivity index is 1.40. The lowest BCUT2D eigenvalue weighted by molar-refractivity contribution is -0.119. The van der Waals surface area contributed by atoms with Gasteiger partial charge < -0.3 is 15.0 Å². The van der Waals surface area contributed by atoms with Crippen LogP contribution in [0.4, 0.5) is 15.8 Å². The number of carbonyl (C=O) groups is 2. The Bertz CT molecular complexity index is 1460. The maximum atomic E-state index is 13.3. The minimum Gasteiger partial charge on any atom is -0.452 e. The average molecular weight is 580 g/mol. The van der Waals surface area contributed by atoms with Crippen molar-refractivity contribution in [1.82, 2.24) is 4.31 Å². The molecule has 0 atom stereocenters. The van der Waals surface area contributed by atoms with Gasteiger partial charge in [0.2, 0.25) is 10.0 Å². The van der Waals surface area contributed by atoms with Crippen molar-refractivity contribution in [2.45, 2.75) is 11.8 Å². The SMILES string of the molecule is Cc1c(Cl)cccc1NC(=O)COC(=O)c1ccc(Cl)c(S(=O)(=O)N2CCN(c3ccc(F)cc3)CC2)c1. The van der Waals surface area contributed by atoms with Gasteiger partial charge >= 0.3 is 5.97 Å². The molecule has 1 aliphatic heterocycles. The molecule has 200 valence electrons. The molecule has 0 aliphatic carbocycles. The highest BCUT2D eigenvalue weighted by atomic mass is 35.5. The molecule has 0 bridgehead atoms. The summed E-state index contributed by atoms with van der Waals surface area (Å²) in [6.45, 7) is 2.29. The molecule has 0 spiro atoms. The first-order valence-electron chi connectivity index (χ1n) is 11.6. The zero-order valence-corrected chi connectivity index (χ0v) is 22.6. The van der Waals surface area contributed by atoms with Gasteiger partial charge in [-0.25, -0.2) is 17.6 Å². The number of benzene rings is 3. The highest BCUT2D eigenvalue weighted by Crippen LogP contribution is 2.28. The minimum atomic E-state index is -4.03. The van der Waals surface area contributed by atoms with Crippen molar-refractivity contribution in [1.29, 1.82) is 0 Å². The highest BCUT2D eigenvalue weighted by molar-refractivity contribution is 7.89. The molecule has 8 nitrogen and oxygen atoms in total. The van der Waals surface area contributed by atoms with E-state index in [1.807, 2.05) is 4.90 Å². The average Bonchev–Trinajstić information content (AvgIpc) is 2.90. The molecule has 1 aliphatic rings. The molecule has 38 heavy (non-hydrogen) atoms. The molecule has 4 rings (SSSR count). The van der Waals surface area contributed by atoms with E-state index >= 15 is 0 Å². The number of rotatable bonds is 7. The molecule has 0 unspecified atom stereocenters. The van der Waals surface area contributed by atoms with Crippen LogP contribution in [-0.4, -0.2) is 57.4 Å². The molecular weight excluding hydrogens is 556 g/mol. The maximum absolute atomic E-state index is 13.3. The number of amides is 1. The number of esters is 1. The van der Waals surface area contributed by atoms with Gasteiger partial charge in [-0.05, 0) is 67.1 Å². The van der Waals surface area contributed by atoms with Gasteiger partial charge in [-0.15, -0.1) is 0 Å². The summed E-state index contributed by atoms with van der Waals surface area (Å²) in [6.07, 6.45) is 0. The van der Waals surface area contributed by atoms with Gasteiger partial charge in [0, 0.05) is 42.6 Å². The molecule has 1 fully saturated rings. The second-order valence-electron chi connectivity index (χ2n) is 8.55. The Morgan fingerprint density at radius 3 is 2.34 bits per heavy atom. The third kappa shape index (κ3) is 6.27. The summed E-state index contributed by atoms with van der Waals surface area (Å²) in [5.74, 6) is -1.80. The van der Waals surface area contributed by atoms with Crippen molar-refractivity contribution in [2.75, 3.05) is 43.0 Å². The smallest absolute Gasteiger partial charge is 0.338 e. The van der Waals surface area contributed by atoms with Crippen molar-refractivity contribution in [3.05, 3.63) is 87.7 Å². The van der Waals surface area contributed by atoms with Crippen LogP contribution in [-0.2, 0) is 19.6 Å². The fourth-order valence-corrected chi connectivity index (χ4v) is 6.05. The van der Waals surface area contributed by atoms with Crippen molar-refractivity contribution >= 4 is 56.5 Å². The molecule has 1 saturated heterocycles. The zero-order chi connectivity index (χ0) is 27.4. The second-order valence-corrected chi connectivity index (χ2v) is 11.3. The van der Waals surface area contributed by atoms with Crippen molar-refractivity contribution in [3.63, 3.8) is 0 Å². The lowest BCUT2D eigenvalue weighted by Gasteiger charge is -2.35. The van der Waals surface area contributed by atoms with Crippen LogP contribution >= 0.6 is 23.2 Å². The van der Waals surface area contributed by atoms with Gasteiger partial charge in [-0.2, -0.15) is 4.31 Å². The summed E-state index contributed by atoms with van der Waals surface area (Å²) in [5, 5.41) is 3.05. The van der Waals surface area contributed by atoms with Gasteiger partial charge in [-0.1, -0.05) is 29.3 Å². The van der Waals surface area contributed by atoms with Crippen LogP contribution in [0.3, 0.4) is 0 Å². The van der Waals surface area contributed by atoms with Crippen LogP contribution in [0.5, 0.6) is 0 Å². The summed E-state index contributed by atoms with van der Waals surface area (Å²) in [7, 11) is -4.03. The van der Waals surface area contributed by atoms with Gasteiger partial charge in [0.15, 0.2) is 6.61 Å². The van der Waals surface area contributed by atoms with Crippen molar-refractivity contribution in [2.24, 2.45) is 0 Å². The normalized spacial score (nSPS) is 14.3. The standard InChI is InChI=1S/C26H24Cl2FN3O5S/c1-17-21(27)3-2-4-23(17)30-25(33)16-37-26(34)18-5-10-22(28)24(15-18)38(35,36)32-13-11-31(12-14-32)20-8-6-19(29)7-9-20/h2-10,15H,11-14,16H2,1H3,(H,30,33). The second kappa shape index (κ2) is 11.7.